The zero-order valence-electron chi connectivity index (χ0n) is 16.5. The van der Waals surface area contributed by atoms with Gasteiger partial charge in [-0.2, -0.15) is 4.98 Å². The number of ether oxygens (including phenoxy) is 1. The largest absolute Gasteiger partial charge is 0.447 e. The number of carbonyl (C=O) groups excluding carboxylic acids is 1. The van der Waals surface area contributed by atoms with E-state index in [0.29, 0.717) is 18.4 Å². The third-order valence-electron chi connectivity index (χ3n) is 4.82. The average molecular weight is 369 g/mol. The molecule has 1 aromatic heterocycles. The van der Waals surface area contributed by atoms with Crippen LogP contribution in [0.25, 0.3) is 0 Å². The first kappa shape index (κ1) is 18.9. The van der Waals surface area contributed by atoms with Gasteiger partial charge in [-0.3, -0.25) is 4.90 Å². The Balaban J connectivity index is 1.76. The minimum Gasteiger partial charge on any atom is -0.447 e. The van der Waals surface area contributed by atoms with Gasteiger partial charge in [-0.15, -0.1) is 0 Å². The second-order valence-electron chi connectivity index (χ2n) is 7.35. The monoisotopic (exact) mass is 369 g/mol. The lowest BCUT2D eigenvalue weighted by molar-refractivity contribution is 0.177. The van der Waals surface area contributed by atoms with Crippen LogP contribution in [0.3, 0.4) is 0 Å². The summed E-state index contributed by atoms with van der Waals surface area (Å²) in [5.74, 6) is 1.32. The van der Waals surface area contributed by atoms with E-state index in [0.717, 1.165) is 11.3 Å². The Hall–Kier alpha value is -2.83. The van der Waals surface area contributed by atoms with Crippen LogP contribution in [-0.2, 0) is 4.74 Å². The normalized spacial score (nSPS) is 17.8. The molecule has 0 radical (unpaired) electrons. The quantitative estimate of drug-likeness (QED) is 0.837. The summed E-state index contributed by atoms with van der Waals surface area (Å²) < 4.78 is 5.22. The summed E-state index contributed by atoms with van der Waals surface area (Å²) in [7, 11) is 4.04. The summed E-state index contributed by atoms with van der Waals surface area (Å²) in [4.78, 5) is 24.7. The summed E-state index contributed by atoms with van der Waals surface area (Å²) >= 11 is 0. The molecule has 0 aliphatic carbocycles. The Bertz CT molecular complexity index is 791. The number of anilines is 3. The fraction of sp³-hybridized carbons (Fsp3) is 0.450. The number of carbonyl (C=O) groups is 1. The van der Waals surface area contributed by atoms with Crippen LogP contribution in [-0.4, -0.2) is 42.8 Å². The van der Waals surface area contributed by atoms with Crippen LogP contribution in [0.15, 0.2) is 36.5 Å². The molecule has 2 heterocycles. The molecule has 2 atom stereocenters. The molecule has 0 spiro atoms. The molecule has 144 valence electrons. The van der Waals surface area contributed by atoms with Crippen LogP contribution in [0.5, 0.6) is 0 Å². The highest BCUT2D eigenvalue weighted by Gasteiger charge is 2.37. The van der Waals surface area contributed by atoms with Crippen molar-refractivity contribution in [3.8, 4) is 0 Å². The molecule has 27 heavy (non-hydrogen) atoms. The summed E-state index contributed by atoms with van der Waals surface area (Å²) in [5, 5.41) is 3.32. The standard InChI is InChI=1S/C20H27N5O2/c1-13(2)17-12-27-20(26)25(17)18-10-11-21-19(23-18)22-14(3)15-6-8-16(9-7-15)24(4)5/h6-11,13-14,17H,12H2,1-5H3,(H,21,22,23)/t14-,17+/m0/s1. The van der Waals surface area contributed by atoms with Crippen LogP contribution in [0.1, 0.15) is 32.4 Å². The lowest BCUT2D eigenvalue weighted by Crippen LogP contribution is -2.37. The van der Waals surface area contributed by atoms with Gasteiger partial charge in [0.25, 0.3) is 0 Å². The van der Waals surface area contributed by atoms with Crippen molar-refractivity contribution in [1.29, 1.82) is 0 Å². The Labute approximate surface area is 160 Å². The molecular formula is C20H27N5O2. The predicted molar refractivity (Wildman–Crippen MR) is 107 cm³/mol. The Kier molecular flexibility index (Phi) is 5.48. The van der Waals surface area contributed by atoms with E-state index in [1.54, 1.807) is 17.2 Å². The van der Waals surface area contributed by atoms with E-state index < -0.39 is 0 Å². The van der Waals surface area contributed by atoms with Gasteiger partial charge < -0.3 is 15.0 Å². The molecule has 1 aromatic carbocycles. The number of aromatic nitrogens is 2. The zero-order chi connectivity index (χ0) is 19.6. The summed E-state index contributed by atoms with van der Waals surface area (Å²) in [6.07, 6.45) is 1.31. The molecule has 1 N–H and O–H groups in total. The minimum atomic E-state index is -0.356. The van der Waals surface area contributed by atoms with Crippen molar-refractivity contribution < 1.29 is 9.53 Å². The van der Waals surface area contributed by atoms with Crippen LogP contribution in [0.2, 0.25) is 0 Å². The number of amides is 1. The number of benzene rings is 1. The molecule has 0 bridgehead atoms. The molecule has 7 heteroatoms. The van der Waals surface area contributed by atoms with Crippen molar-refractivity contribution in [3.63, 3.8) is 0 Å². The number of hydrogen-bond acceptors (Lipinski definition) is 6. The lowest BCUT2D eigenvalue weighted by atomic mass is 10.0. The Morgan fingerprint density at radius 2 is 1.89 bits per heavy atom. The number of nitrogens with zero attached hydrogens (tertiary/aromatic N) is 4. The van der Waals surface area contributed by atoms with Crippen LogP contribution in [0, 0.1) is 5.92 Å². The van der Waals surface area contributed by atoms with E-state index in [1.165, 1.54) is 0 Å². The molecule has 0 unspecified atom stereocenters. The summed E-state index contributed by atoms with van der Waals surface area (Å²) in [6, 6.07) is 10.1. The molecular weight excluding hydrogens is 342 g/mol. The maximum Gasteiger partial charge on any atom is 0.415 e. The van der Waals surface area contributed by atoms with E-state index >= 15 is 0 Å². The summed E-state index contributed by atoms with van der Waals surface area (Å²) in [6.45, 7) is 6.58. The zero-order valence-corrected chi connectivity index (χ0v) is 16.5. The van der Waals surface area contributed by atoms with Gasteiger partial charge in [0.15, 0.2) is 0 Å². The minimum absolute atomic E-state index is 0.0174. The summed E-state index contributed by atoms with van der Waals surface area (Å²) in [5.41, 5.74) is 2.28. The second-order valence-corrected chi connectivity index (χ2v) is 7.35. The Morgan fingerprint density at radius 3 is 2.52 bits per heavy atom. The molecule has 7 nitrogen and oxygen atoms in total. The molecule has 1 aliphatic rings. The highest BCUT2D eigenvalue weighted by molar-refractivity contribution is 5.89. The maximum absolute atomic E-state index is 12.2. The van der Waals surface area contributed by atoms with Gasteiger partial charge in [0.1, 0.15) is 12.4 Å². The topological polar surface area (TPSA) is 70.6 Å². The first-order chi connectivity index (χ1) is 12.9. The van der Waals surface area contributed by atoms with Crippen molar-refractivity contribution in [2.45, 2.75) is 32.9 Å². The van der Waals surface area contributed by atoms with E-state index in [9.17, 15) is 4.79 Å². The molecule has 1 aliphatic heterocycles. The maximum atomic E-state index is 12.2. The smallest absolute Gasteiger partial charge is 0.415 e. The van der Waals surface area contributed by atoms with E-state index in [1.807, 2.05) is 14.1 Å². The van der Waals surface area contributed by atoms with E-state index in [-0.39, 0.29) is 24.1 Å². The molecule has 1 amide bonds. The van der Waals surface area contributed by atoms with Crippen LogP contribution < -0.4 is 15.1 Å². The molecule has 2 aromatic rings. The van der Waals surface area contributed by atoms with Gasteiger partial charge in [-0.05, 0) is 36.6 Å². The van der Waals surface area contributed by atoms with Crippen molar-refractivity contribution in [2.24, 2.45) is 5.92 Å². The van der Waals surface area contributed by atoms with Gasteiger partial charge in [0, 0.05) is 26.0 Å². The first-order valence-corrected chi connectivity index (χ1v) is 9.19. The predicted octanol–water partition coefficient (Wildman–Crippen LogP) is 3.70. The number of nitrogens with one attached hydrogen (secondary N) is 1. The SMILES string of the molecule is CC(C)[C@H]1COC(=O)N1c1ccnc(N[C@@H](C)c2ccc(N(C)C)cc2)n1. The number of hydrogen-bond donors (Lipinski definition) is 1. The van der Waals surface area contributed by atoms with Crippen molar-refractivity contribution in [2.75, 3.05) is 35.8 Å². The van der Waals surface area contributed by atoms with E-state index in [2.05, 4.69) is 65.2 Å². The fourth-order valence-electron chi connectivity index (χ4n) is 3.08. The van der Waals surface area contributed by atoms with Crippen LogP contribution in [0.4, 0.5) is 22.2 Å². The van der Waals surface area contributed by atoms with E-state index in [4.69, 9.17) is 4.74 Å². The second kappa shape index (κ2) is 7.82. The molecule has 1 saturated heterocycles. The van der Waals surface area contributed by atoms with Gasteiger partial charge in [0.05, 0.1) is 12.1 Å². The van der Waals surface area contributed by atoms with Gasteiger partial charge in [0.2, 0.25) is 5.95 Å². The molecule has 1 fully saturated rings. The third-order valence-corrected chi connectivity index (χ3v) is 4.82. The Morgan fingerprint density at radius 1 is 1.19 bits per heavy atom. The third kappa shape index (κ3) is 4.13. The lowest BCUT2D eigenvalue weighted by Gasteiger charge is -2.24. The average Bonchev–Trinajstić information content (AvgIpc) is 3.04. The first-order valence-electron chi connectivity index (χ1n) is 9.19. The molecule has 0 saturated carbocycles. The van der Waals surface area contributed by atoms with Crippen molar-refractivity contribution in [1.82, 2.24) is 9.97 Å². The van der Waals surface area contributed by atoms with Gasteiger partial charge in [-0.1, -0.05) is 26.0 Å². The van der Waals surface area contributed by atoms with Crippen molar-refractivity contribution in [3.05, 3.63) is 42.1 Å². The van der Waals surface area contributed by atoms with Gasteiger partial charge in [-0.25, -0.2) is 9.78 Å². The highest BCUT2D eigenvalue weighted by atomic mass is 16.6. The number of rotatable bonds is 6. The highest BCUT2D eigenvalue weighted by Crippen LogP contribution is 2.27. The van der Waals surface area contributed by atoms with Gasteiger partial charge >= 0.3 is 6.09 Å². The van der Waals surface area contributed by atoms with Crippen molar-refractivity contribution >= 4 is 23.5 Å². The van der Waals surface area contributed by atoms with Crippen LogP contribution >= 0.6 is 0 Å². The number of cyclic esters (lactones) is 1. The molecule has 3 rings (SSSR count). The fourth-order valence-corrected chi connectivity index (χ4v) is 3.08.